The third-order valence-corrected chi connectivity index (χ3v) is 3.17. The number of nitrogens with one attached hydrogen (secondary N) is 1. The van der Waals surface area contributed by atoms with E-state index in [9.17, 15) is 5.11 Å². The van der Waals surface area contributed by atoms with Crippen LogP contribution in [-0.4, -0.2) is 12.2 Å². The molecule has 102 valence electrons. The highest BCUT2D eigenvalue weighted by molar-refractivity contribution is 6.32. The monoisotopic (exact) mass is 288 g/mol. The van der Waals surface area contributed by atoms with E-state index in [4.69, 9.17) is 21.6 Å². The van der Waals surface area contributed by atoms with Gasteiger partial charge < -0.3 is 15.2 Å². The van der Waals surface area contributed by atoms with Crippen molar-refractivity contribution in [1.82, 2.24) is 0 Å². The van der Waals surface area contributed by atoms with Gasteiger partial charge in [0.15, 0.2) is 0 Å². The van der Waals surface area contributed by atoms with Crippen LogP contribution in [0.4, 0.5) is 5.69 Å². The topological polar surface area (TPSA) is 65.3 Å². The Labute approximate surface area is 122 Å². The summed E-state index contributed by atoms with van der Waals surface area (Å²) in [6.45, 7) is 0.422. The van der Waals surface area contributed by atoms with Crippen LogP contribution >= 0.6 is 11.6 Å². The van der Waals surface area contributed by atoms with Crippen LogP contribution in [0.15, 0.2) is 36.4 Å². The van der Waals surface area contributed by atoms with Gasteiger partial charge in [-0.05, 0) is 36.4 Å². The molecule has 2 rings (SSSR count). The average Bonchev–Trinajstić information content (AvgIpc) is 2.46. The molecule has 20 heavy (non-hydrogen) atoms. The molecule has 0 amide bonds. The van der Waals surface area contributed by atoms with Crippen molar-refractivity contribution in [2.75, 3.05) is 12.4 Å². The second kappa shape index (κ2) is 6.18. The Morgan fingerprint density at radius 1 is 1.30 bits per heavy atom. The molecule has 2 aromatic rings. The van der Waals surface area contributed by atoms with Crippen LogP contribution in [0.2, 0.25) is 5.02 Å². The third-order valence-electron chi connectivity index (χ3n) is 2.86. The molecule has 0 saturated carbocycles. The summed E-state index contributed by atoms with van der Waals surface area (Å²) in [6, 6.07) is 12.1. The van der Waals surface area contributed by atoms with Crippen molar-refractivity contribution in [3.63, 3.8) is 0 Å². The molecule has 5 heteroatoms. The maximum absolute atomic E-state index is 9.78. The molecule has 0 aliphatic rings. The number of benzene rings is 2. The van der Waals surface area contributed by atoms with Gasteiger partial charge in [0, 0.05) is 17.8 Å². The quantitative estimate of drug-likeness (QED) is 0.903. The number of halogens is 1. The summed E-state index contributed by atoms with van der Waals surface area (Å²) in [6.07, 6.45) is 0. The maximum atomic E-state index is 9.78. The molecule has 2 aromatic carbocycles. The molecular weight excluding hydrogens is 276 g/mol. The number of rotatable bonds is 4. The molecule has 0 fully saturated rings. The Morgan fingerprint density at radius 3 is 2.75 bits per heavy atom. The first-order chi connectivity index (χ1) is 9.63. The van der Waals surface area contributed by atoms with E-state index in [-0.39, 0.29) is 5.75 Å². The van der Waals surface area contributed by atoms with Crippen LogP contribution in [0, 0.1) is 11.3 Å². The van der Waals surface area contributed by atoms with Crippen LogP contribution in [0.1, 0.15) is 11.1 Å². The Bertz CT molecular complexity index is 665. The molecule has 0 spiro atoms. The molecule has 0 atom stereocenters. The van der Waals surface area contributed by atoms with E-state index in [1.807, 2.05) is 6.07 Å². The second-order valence-corrected chi connectivity index (χ2v) is 4.56. The highest BCUT2D eigenvalue weighted by Crippen LogP contribution is 2.25. The molecule has 0 aliphatic heterocycles. The summed E-state index contributed by atoms with van der Waals surface area (Å²) in [5, 5.41) is 22.1. The Balaban J connectivity index is 2.13. The molecule has 0 aliphatic carbocycles. The molecule has 0 saturated heterocycles. The number of ether oxygens (including phenoxy) is 1. The Morgan fingerprint density at radius 2 is 2.10 bits per heavy atom. The minimum Gasteiger partial charge on any atom is -0.508 e. The zero-order chi connectivity index (χ0) is 14.5. The van der Waals surface area contributed by atoms with Gasteiger partial charge in [-0.3, -0.25) is 0 Å². The van der Waals surface area contributed by atoms with Crippen molar-refractivity contribution >= 4 is 17.3 Å². The van der Waals surface area contributed by atoms with Crippen LogP contribution in [0.25, 0.3) is 0 Å². The fraction of sp³-hybridized carbons (Fsp3) is 0.133. The fourth-order valence-corrected chi connectivity index (χ4v) is 1.97. The van der Waals surface area contributed by atoms with E-state index in [2.05, 4.69) is 5.32 Å². The van der Waals surface area contributed by atoms with Gasteiger partial charge in [-0.15, -0.1) is 0 Å². The van der Waals surface area contributed by atoms with Crippen LogP contribution in [-0.2, 0) is 6.54 Å². The largest absolute Gasteiger partial charge is 0.508 e. The minimum absolute atomic E-state index is 0.193. The number of anilines is 1. The number of hydrogen-bond acceptors (Lipinski definition) is 4. The number of phenolic OH excluding ortho intramolecular Hbond substituents is 1. The summed E-state index contributed by atoms with van der Waals surface area (Å²) in [4.78, 5) is 0. The minimum atomic E-state index is 0.193. The third kappa shape index (κ3) is 3.14. The molecule has 0 unspecified atom stereocenters. The Kier molecular flexibility index (Phi) is 4.34. The SMILES string of the molecule is COc1ccc(O)c(CNc2ccc(C#N)c(Cl)c2)c1. The van der Waals surface area contributed by atoms with Gasteiger partial charge in [0.1, 0.15) is 17.6 Å². The summed E-state index contributed by atoms with van der Waals surface area (Å²) >= 11 is 5.96. The second-order valence-electron chi connectivity index (χ2n) is 4.15. The first kappa shape index (κ1) is 14.0. The van der Waals surface area contributed by atoms with E-state index in [1.54, 1.807) is 43.5 Å². The Hall–Kier alpha value is -2.38. The lowest BCUT2D eigenvalue weighted by molar-refractivity contribution is 0.411. The fourth-order valence-electron chi connectivity index (χ4n) is 1.74. The van der Waals surface area contributed by atoms with Crippen LogP contribution in [0.3, 0.4) is 0 Å². The smallest absolute Gasteiger partial charge is 0.120 e. The normalized spacial score (nSPS) is 9.85. The van der Waals surface area contributed by atoms with Crippen LogP contribution < -0.4 is 10.1 Å². The standard InChI is InChI=1S/C15H13ClN2O2/c1-20-13-4-5-15(19)11(6-13)9-18-12-3-2-10(8-17)14(16)7-12/h2-7,18-19H,9H2,1H3. The highest BCUT2D eigenvalue weighted by Gasteiger charge is 2.05. The lowest BCUT2D eigenvalue weighted by atomic mass is 10.1. The molecule has 0 heterocycles. The van der Waals surface area contributed by atoms with E-state index in [1.165, 1.54) is 0 Å². The number of aromatic hydroxyl groups is 1. The molecule has 0 aromatic heterocycles. The highest BCUT2D eigenvalue weighted by atomic mass is 35.5. The van der Waals surface area contributed by atoms with Crippen molar-refractivity contribution < 1.29 is 9.84 Å². The molecule has 0 radical (unpaired) electrons. The maximum Gasteiger partial charge on any atom is 0.120 e. The van der Waals surface area contributed by atoms with Crippen molar-refractivity contribution in [3.8, 4) is 17.6 Å². The van der Waals surface area contributed by atoms with Gasteiger partial charge in [-0.1, -0.05) is 11.6 Å². The lowest BCUT2D eigenvalue weighted by Gasteiger charge is -2.10. The first-order valence-electron chi connectivity index (χ1n) is 5.93. The predicted octanol–water partition coefficient (Wildman–Crippen LogP) is 3.54. The first-order valence-corrected chi connectivity index (χ1v) is 6.31. The predicted molar refractivity (Wildman–Crippen MR) is 78.2 cm³/mol. The molecular formula is C15H13ClN2O2. The van der Waals surface area contributed by atoms with Gasteiger partial charge >= 0.3 is 0 Å². The number of nitrogens with zero attached hydrogens (tertiary/aromatic N) is 1. The van der Waals surface area contributed by atoms with Crippen molar-refractivity contribution in [2.45, 2.75) is 6.54 Å². The van der Waals surface area contributed by atoms with Gasteiger partial charge in [0.05, 0.1) is 17.7 Å². The van der Waals surface area contributed by atoms with Gasteiger partial charge in [0.2, 0.25) is 0 Å². The van der Waals surface area contributed by atoms with E-state index in [0.29, 0.717) is 28.4 Å². The number of nitriles is 1. The van der Waals surface area contributed by atoms with E-state index >= 15 is 0 Å². The zero-order valence-electron chi connectivity index (χ0n) is 10.9. The van der Waals surface area contributed by atoms with Crippen molar-refractivity contribution in [1.29, 1.82) is 5.26 Å². The van der Waals surface area contributed by atoms with Gasteiger partial charge in [-0.2, -0.15) is 5.26 Å². The van der Waals surface area contributed by atoms with Crippen LogP contribution in [0.5, 0.6) is 11.5 Å². The van der Waals surface area contributed by atoms with Gasteiger partial charge in [-0.25, -0.2) is 0 Å². The number of hydrogen-bond donors (Lipinski definition) is 2. The van der Waals surface area contributed by atoms with E-state index < -0.39 is 0 Å². The molecule has 2 N–H and O–H groups in total. The van der Waals surface area contributed by atoms with Crippen molar-refractivity contribution in [2.24, 2.45) is 0 Å². The summed E-state index contributed by atoms with van der Waals surface area (Å²) < 4.78 is 5.12. The van der Waals surface area contributed by atoms with E-state index in [0.717, 1.165) is 5.69 Å². The zero-order valence-corrected chi connectivity index (χ0v) is 11.6. The van der Waals surface area contributed by atoms with Gasteiger partial charge in [0.25, 0.3) is 0 Å². The summed E-state index contributed by atoms with van der Waals surface area (Å²) in [5.74, 6) is 0.871. The summed E-state index contributed by atoms with van der Waals surface area (Å²) in [5.41, 5.74) is 1.92. The molecule has 4 nitrogen and oxygen atoms in total. The molecule has 0 bridgehead atoms. The summed E-state index contributed by atoms with van der Waals surface area (Å²) in [7, 11) is 1.57. The van der Waals surface area contributed by atoms with Crippen molar-refractivity contribution in [3.05, 3.63) is 52.5 Å². The lowest BCUT2D eigenvalue weighted by Crippen LogP contribution is -2.00. The average molecular weight is 289 g/mol. The number of phenols is 1. The number of methoxy groups -OCH3 is 1.